The van der Waals surface area contributed by atoms with Gasteiger partial charge in [0.25, 0.3) is 5.91 Å². The second kappa shape index (κ2) is 5.02. The molecule has 0 saturated carbocycles. The molecule has 0 aliphatic carbocycles. The first-order valence-corrected chi connectivity index (χ1v) is 7.28. The summed E-state index contributed by atoms with van der Waals surface area (Å²) in [6, 6.07) is 3.25. The highest BCUT2D eigenvalue weighted by molar-refractivity contribution is 5.96. The Balaban J connectivity index is 1.78. The summed E-state index contributed by atoms with van der Waals surface area (Å²) in [6.45, 7) is 1.95. The molecular formula is C15H20N4O2. The zero-order valence-corrected chi connectivity index (χ0v) is 12.2. The fourth-order valence-electron chi connectivity index (χ4n) is 3.46. The minimum atomic E-state index is -0.374. The van der Waals surface area contributed by atoms with Gasteiger partial charge in [-0.15, -0.1) is 0 Å². The van der Waals surface area contributed by atoms with Crippen LogP contribution in [0.25, 0.3) is 0 Å². The third kappa shape index (κ3) is 2.34. The van der Waals surface area contributed by atoms with Crippen LogP contribution >= 0.6 is 0 Å². The summed E-state index contributed by atoms with van der Waals surface area (Å²) in [5, 5.41) is 0. The maximum Gasteiger partial charge on any atom is 0.254 e. The van der Waals surface area contributed by atoms with Gasteiger partial charge in [0.05, 0.1) is 5.41 Å². The van der Waals surface area contributed by atoms with E-state index in [1.807, 2.05) is 7.05 Å². The van der Waals surface area contributed by atoms with E-state index in [1.54, 1.807) is 21.9 Å². The molecule has 0 unspecified atom stereocenters. The average molecular weight is 288 g/mol. The highest BCUT2D eigenvalue weighted by Gasteiger charge is 2.48. The molecule has 0 aromatic carbocycles. The normalized spacial score (nSPS) is 25.7. The SMILES string of the molecule is CN1CCC[C@@]2(CCN(C(=O)c3ccnc(N)c3)C2)C1=O. The molecule has 1 atom stereocenters. The Morgan fingerprint density at radius 3 is 2.95 bits per heavy atom. The largest absolute Gasteiger partial charge is 0.384 e. The highest BCUT2D eigenvalue weighted by atomic mass is 16.2. The first-order valence-electron chi connectivity index (χ1n) is 7.28. The molecule has 1 aromatic heterocycles. The van der Waals surface area contributed by atoms with Gasteiger partial charge in [0.15, 0.2) is 0 Å². The molecule has 6 nitrogen and oxygen atoms in total. The van der Waals surface area contributed by atoms with Crippen LogP contribution in [-0.2, 0) is 4.79 Å². The maximum atomic E-state index is 12.5. The van der Waals surface area contributed by atoms with Crippen molar-refractivity contribution < 1.29 is 9.59 Å². The Bertz CT molecular complexity index is 589. The van der Waals surface area contributed by atoms with Gasteiger partial charge in [-0.3, -0.25) is 9.59 Å². The number of anilines is 1. The highest BCUT2D eigenvalue weighted by Crippen LogP contribution is 2.40. The molecule has 2 fully saturated rings. The summed E-state index contributed by atoms with van der Waals surface area (Å²) in [5.41, 5.74) is 5.79. The number of likely N-dealkylation sites (tertiary alicyclic amines) is 2. The van der Waals surface area contributed by atoms with E-state index >= 15 is 0 Å². The molecule has 3 heterocycles. The van der Waals surface area contributed by atoms with Gasteiger partial charge in [0, 0.05) is 38.4 Å². The number of aromatic nitrogens is 1. The topological polar surface area (TPSA) is 79.5 Å². The molecule has 2 aliphatic heterocycles. The third-order valence-electron chi connectivity index (χ3n) is 4.62. The Labute approximate surface area is 123 Å². The molecule has 2 saturated heterocycles. The number of amides is 2. The first kappa shape index (κ1) is 13.9. The lowest BCUT2D eigenvalue weighted by atomic mass is 9.78. The number of hydrogen-bond donors (Lipinski definition) is 1. The van der Waals surface area contributed by atoms with Crippen molar-refractivity contribution in [3.63, 3.8) is 0 Å². The number of carbonyl (C=O) groups excluding carboxylic acids is 2. The van der Waals surface area contributed by atoms with Gasteiger partial charge in [-0.1, -0.05) is 0 Å². The molecule has 1 aromatic rings. The van der Waals surface area contributed by atoms with Crippen LogP contribution in [0.5, 0.6) is 0 Å². The van der Waals surface area contributed by atoms with Crippen molar-refractivity contribution in [1.82, 2.24) is 14.8 Å². The number of rotatable bonds is 1. The number of carbonyl (C=O) groups is 2. The standard InChI is InChI=1S/C15H20N4O2/c1-18-7-2-4-15(14(18)21)5-8-19(10-15)13(20)11-3-6-17-12(16)9-11/h3,6,9H,2,4-5,7-8,10H2,1H3,(H2,16,17)/t15-/m0/s1. The summed E-state index contributed by atoms with van der Waals surface area (Å²) < 4.78 is 0. The molecular weight excluding hydrogens is 268 g/mol. The summed E-state index contributed by atoms with van der Waals surface area (Å²) in [4.78, 5) is 32.5. The average Bonchev–Trinajstić information content (AvgIpc) is 2.89. The van der Waals surface area contributed by atoms with Crippen molar-refractivity contribution in [2.75, 3.05) is 32.4 Å². The van der Waals surface area contributed by atoms with Crippen molar-refractivity contribution in [3.05, 3.63) is 23.9 Å². The lowest BCUT2D eigenvalue weighted by Gasteiger charge is -2.37. The van der Waals surface area contributed by atoms with Gasteiger partial charge in [-0.05, 0) is 31.4 Å². The van der Waals surface area contributed by atoms with Crippen LogP contribution in [0.3, 0.4) is 0 Å². The number of hydrogen-bond acceptors (Lipinski definition) is 4. The van der Waals surface area contributed by atoms with E-state index in [2.05, 4.69) is 4.98 Å². The van der Waals surface area contributed by atoms with E-state index in [1.165, 1.54) is 6.20 Å². The van der Waals surface area contributed by atoms with Crippen molar-refractivity contribution in [2.24, 2.45) is 5.41 Å². The summed E-state index contributed by atoms with van der Waals surface area (Å²) in [7, 11) is 1.84. The van der Waals surface area contributed by atoms with E-state index < -0.39 is 0 Å². The number of nitrogens with two attached hydrogens (primary N) is 1. The quantitative estimate of drug-likeness (QED) is 0.827. The molecule has 3 rings (SSSR count). The van der Waals surface area contributed by atoms with Crippen molar-refractivity contribution in [3.8, 4) is 0 Å². The molecule has 112 valence electrons. The van der Waals surface area contributed by atoms with Crippen LogP contribution in [0.1, 0.15) is 29.6 Å². The van der Waals surface area contributed by atoms with E-state index in [9.17, 15) is 9.59 Å². The van der Waals surface area contributed by atoms with Gasteiger partial charge in [0.2, 0.25) is 5.91 Å². The van der Waals surface area contributed by atoms with E-state index in [0.29, 0.717) is 24.5 Å². The minimum absolute atomic E-state index is 0.0676. The lowest BCUT2D eigenvalue weighted by molar-refractivity contribution is -0.143. The Hall–Kier alpha value is -2.11. The van der Waals surface area contributed by atoms with Crippen LogP contribution in [0.4, 0.5) is 5.82 Å². The van der Waals surface area contributed by atoms with Gasteiger partial charge < -0.3 is 15.5 Å². The lowest BCUT2D eigenvalue weighted by Crippen LogP contribution is -2.48. The smallest absolute Gasteiger partial charge is 0.254 e. The molecule has 6 heteroatoms. The van der Waals surface area contributed by atoms with Crippen LogP contribution in [0.2, 0.25) is 0 Å². The van der Waals surface area contributed by atoms with E-state index in [4.69, 9.17) is 5.73 Å². The van der Waals surface area contributed by atoms with Gasteiger partial charge in [-0.25, -0.2) is 4.98 Å². The maximum absolute atomic E-state index is 12.5. The van der Waals surface area contributed by atoms with Crippen LogP contribution in [-0.4, -0.2) is 53.3 Å². The molecule has 1 spiro atoms. The van der Waals surface area contributed by atoms with Gasteiger partial charge in [-0.2, -0.15) is 0 Å². The number of nitrogen functional groups attached to an aromatic ring is 1. The second-order valence-electron chi connectivity index (χ2n) is 6.06. The molecule has 21 heavy (non-hydrogen) atoms. The number of piperidine rings is 1. The van der Waals surface area contributed by atoms with Crippen molar-refractivity contribution in [2.45, 2.75) is 19.3 Å². The zero-order valence-electron chi connectivity index (χ0n) is 12.2. The summed E-state index contributed by atoms with van der Waals surface area (Å²) >= 11 is 0. The molecule has 0 radical (unpaired) electrons. The molecule has 2 N–H and O–H groups in total. The molecule has 2 aliphatic rings. The van der Waals surface area contributed by atoms with Crippen LogP contribution < -0.4 is 5.73 Å². The monoisotopic (exact) mass is 288 g/mol. The van der Waals surface area contributed by atoms with Crippen molar-refractivity contribution >= 4 is 17.6 Å². The van der Waals surface area contributed by atoms with E-state index in [-0.39, 0.29) is 17.2 Å². The Morgan fingerprint density at radius 2 is 2.19 bits per heavy atom. The Kier molecular flexibility index (Phi) is 3.31. The third-order valence-corrected chi connectivity index (χ3v) is 4.62. The molecule has 2 amide bonds. The van der Waals surface area contributed by atoms with Gasteiger partial charge >= 0.3 is 0 Å². The fourth-order valence-corrected chi connectivity index (χ4v) is 3.46. The first-order chi connectivity index (χ1) is 10.0. The Morgan fingerprint density at radius 1 is 1.38 bits per heavy atom. The molecule has 0 bridgehead atoms. The van der Waals surface area contributed by atoms with E-state index in [0.717, 1.165) is 25.8 Å². The fraction of sp³-hybridized carbons (Fsp3) is 0.533. The summed E-state index contributed by atoms with van der Waals surface area (Å²) in [6.07, 6.45) is 4.17. The zero-order chi connectivity index (χ0) is 15.0. The van der Waals surface area contributed by atoms with Crippen molar-refractivity contribution in [1.29, 1.82) is 0 Å². The van der Waals surface area contributed by atoms with Crippen LogP contribution in [0, 0.1) is 5.41 Å². The number of pyridine rings is 1. The predicted molar refractivity (Wildman–Crippen MR) is 78.5 cm³/mol. The predicted octanol–water partition coefficient (Wildman–Crippen LogP) is 0.748. The van der Waals surface area contributed by atoms with Gasteiger partial charge in [0.1, 0.15) is 5.82 Å². The second-order valence-corrected chi connectivity index (χ2v) is 6.06. The number of nitrogens with zero attached hydrogens (tertiary/aromatic N) is 3. The minimum Gasteiger partial charge on any atom is -0.384 e. The van der Waals surface area contributed by atoms with Crippen LogP contribution in [0.15, 0.2) is 18.3 Å². The summed E-state index contributed by atoms with van der Waals surface area (Å²) in [5.74, 6) is 0.448.